The molecule has 13 heavy (non-hydrogen) atoms. The Morgan fingerprint density at radius 2 is 2.08 bits per heavy atom. The molecule has 2 unspecified atom stereocenters. The monoisotopic (exact) mass is 201 g/mol. The third kappa shape index (κ3) is 4.37. The zero-order valence-electron chi connectivity index (χ0n) is 9.01. The topological polar surface area (TPSA) is 12.0 Å². The van der Waals surface area contributed by atoms with Gasteiger partial charge in [0.05, 0.1) is 0 Å². The summed E-state index contributed by atoms with van der Waals surface area (Å²) in [6, 6.07) is 0.815. The van der Waals surface area contributed by atoms with Gasteiger partial charge in [-0.25, -0.2) is 0 Å². The summed E-state index contributed by atoms with van der Waals surface area (Å²) in [5.41, 5.74) is 0. The minimum absolute atomic E-state index is 0.815. The van der Waals surface area contributed by atoms with Crippen LogP contribution in [0.4, 0.5) is 0 Å². The van der Waals surface area contributed by atoms with Gasteiger partial charge >= 0.3 is 0 Å². The van der Waals surface area contributed by atoms with E-state index in [1.807, 2.05) is 11.8 Å². The highest BCUT2D eigenvalue weighted by atomic mass is 32.2. The highest BCUT2D eigenvalue weighted by Gasteiger charge is 2.19. The molecule has 2 atom stereocenters. The Morgan fingerprint density at radius 1 is 1.31 bits per heavy atom. The van der Waals surface area contributed by atoms with Crippen LogP contribution in [0.3, 0.4) is 0 Å². The second kappa shape index (κ2) is 6.72. The summed E-state index contributed by atoms with van der Waals surface area (Å²) in [5.74, 6) is 2.21. The molecule has 0 aromatic rings. The average Bonchev–Trinajstić information content (AvgIpc) is 2.15. The summed E-state index contributed by atoms with van der Waals surface area (Å²) < 4.78 is 0. The van der Waals surface area contributed by atoms with Crippen molar-refractivity contribution in [3.8, 4) is 0 Å². The molecular formula is C11H23NS. The zero-order chi connectivity index (χ0) is 9.52. The molecule has 1 N–H and O–H groups in total. The fraction of sp³-hybridized carbons (Fsp3) is 1.00. The van der Waals surface area contributed by atoms with Crippen molar-refractivity contribution in [2.24, 2.45) is 5.92 Å². The standard InChI is InChI=1S/C11H23NS/c1-10-6-3-4-7-11(10)12-8-5-9-13-2/h10-12H,3-9H2,1-2H3. The van der Waals surface area contributed by atoms with Gasteiger partial charge in [0.2, 0.25) is 0 Å². The van der Waals surface area contributed by atoms with E-state index >= 15 is 0 Å². The van der Waals surface area contributed by atoms with Gasteiger partial charge in [0.15, 0.2) is 0 Å². The van der Waals surface area contributed by atoms with Crippen LogP contribution in [0.2, 0.25) is 0 Å². The Kier molecular flexibility index (Phi) is 5.88. The summed E-state index contributed by atoms with van der Waals surface area (Å²) in [6.07, 6.45) is 9.23. The first kappa shape index (κ1) is 11.4. The van der Waals surface area contributed by atoms with Gasteiger partial charge in [-0.2, -0.15) is 11.8 Å². The summed E-state index contributed by atoms with van der Waals surface area (Å²) in [5, 5.41) is 3.69. The molecule has 1 nitrogen and oxygen atoms in total. The Morgan fingerprint density at radius 3 is 2.77 bits per heavy atom. The second-order valence-electron chi connectivity index (χ2n) is 4.17. The van der Waals surface area contributed by atoms with Crippen molar-refractivity contribution in [2.45, 2.75) is 45.1 Å². The molecule has 0 spiro atoms. The molecule has 0 saturated heterocycles. The lowest BCUT2D eigenvalue weighted by atomic mass is 9.86. The number of rotatable bonds is 5. The number of hydrogen-bond acceptors (Lipinski definition) is 2. The summed E-state index contributed by atoms with van der Waals surface area (Å²) in [6.45, 7) is 3.61. The van der Waals surface area contributed by atoms with E-state index in [1.54, 1.807) is 0 Å². The van der Waals surface area contributed by atoms with E-state index < -0.39 is 0 Å². The molecule has 0 aliphatic heterocycles. The first-order chi connectivity index (χ1) is 6.34. The molecule has 2 heteroatoms. The van der Waals surface area contributed by atoms with Crippen LogP contribution < -0.4 is 5.32 Å². The molecule has 0 aromatic heterocycles. The van der Waals surface area contributed by atoms with Crippen molar-refractivity contribution in [3.05, 3.63) is 0 Å². The molecule has 0 amide bonds. The third-order valence-corrected chi connectivity index (χ3v) is 3.74. The van der Waals surface area contributed by atoms with Gasteiger partial charge in [0, 0.05) is 6.04 Å². The van der Waals surface area contributed by atoms with Crippen molar-refractivity contribution < 1.29 is 0 Å². The smallest absolute Gasteiger partial charge is 0.00926 e. The molecule has 0 radical (unpaired) electrons. The third-order valence-electron chi connectivity index (χ3n) is 3.04. The van der Waals surface area contributed by atoms with Crippen LogP contribution in [0, 0.1) is 5.92 Å². The Hall–Kier alpha value is 0.310. The first-order valence-corrected chi connectivity index (χ1v) is 6.96. The Labute approximate surface area is 87.1 Å². The van der Waals surface area contributed by atoms with Crippen LogP contribution in [0.25, 0.3) is 0 Å². The molecule has 0 heterocycles. The van der Waals surface area contributed by atoms with Crippen molar-refractivity contribution in [3.63, 3.8) is 0 Å². The quantitative estimate of drug-likeness (QED) is 0.686. The van der Waals surface area contributed by atoms with Crippen molar-refractivity contribution in [1.82, 2.24) is 5.32 Å². The van der Waals surface area contributed by atoms with E-state index in [1.165, 1.54) is 44.4 Å². The van der Waals surface area contributed by atoms with Gasteiger partial charge in [-0.1, -0.05) is 19.8 Å². The molecule has 1 fully saturated rings. The van der Waals surface area contributed by atoms with Gasteiger partial charge < -0.3 is 5.32 Å². The lowest BCUT2D eigenvalue weighted by Crippen LogP contribution is -2.37. The number of nitrogens with one attached hydrogen (secondary N) is 1. The van der Waals surface area contributed by atoms with Crippen LogP contribution in [-0.2, 0) is 0 Å². The van der Waals surface area contributed by atoms with Gasteiger partial charge in [-0.3, -0.25) is 0 Å². The van der Waals surface area contributed by atoms with E-state index in [4.69, 9.17) is 0 Å². The average molecular weight is 201 g/mol. The van der Waals surface area contributed by atoms with E-state index in [0.717, 1.165) is 12.0 Å². The molecule has 1 aliphatic rings. The van der Waals surface area contributed by atoms with Crippen LogP contribution in [-0.4, -0.2) is 24.6 Å². The normalized spacial score (nSPS) is 29.1. The van der Waals surface area contributed by atoms with Crippen LogP contribution in [0.15, 0.2) is 0 Å². The van der Waals surface area contributed by atoms with Gasteiger partial charge in [0.25, 0.3) is 0 Å². The van der Waals surface area contributed by atoms with Crippen molar-refractivity contribution in [2.75, 3.05) is 18.6 Å². The van der Waals surface area contributed by atoms with Gasteiger partial charge in [-0.15, -0.1) is 0 Å². The predicted octanol–water partition coefficient (Wildman–Crippen LogP) is 2.91. The fourth-order valence-electron chi connectivity index (χ4n) is 2.12. The Bertz CT molecular complexity index is 127. The summed E-state index contributed by atoms with van der Waals surface area (Å²) in [7, 11) is 0. The highest BCUT2D eigenvalue weighted by Crippen LogP contribution is 2.23. The Balaban J connectivity index is 2.05. The molecule has 0 bridgehead atoms. The van der Waals surface area contributed by atoms with Crippen molar-refractivity contribution in [1.29, 1.82) is 0 Å². The molecule has 1 aliphatic carbocycles. The maximum Gasteiger partial charge on any atom is 0.00926 e. The maximum absolute atomic E-state index is 3.69. The van der Waals surface area contributed by atoms with Crippen LogP contribution >= 0.6 is 11.8 Å². The first-order valence-electron chi connectivity index (χ1n) is 5.57. The van der Waals surface area contributed by atoms with E-state index in [9.17, 15) is 0 Å². The minimum atomic E-state index is 0.815. The molecule has 0 aromatic carbocycles. The second-order valence-corrected chi connectivity index (χ2v) is 5.15. The van der Waals surface area contributed by atoms with E-state index in [2.05, 4.69) is 18.5 Å². The fourth-order valence-corrected chi connectivity index (χ4v) is 2.56. The lowest BCUT2D eigenvalue weighted by molar-refractivity contribution is 0.282. The van der Waals surface area contributed by atoms with Crippen molar-refractivity contribution >= 4 is 11.8 Å². The zero-order valence-corrected chi connectivity index (χ0v) is 9.83. The predicted molar refractivity (Wildman–Crippen MR) is 62.4 cm³/mol. The van der Waals surface area contributed by atoms with Gasteiger partial charge in [0.1, 0.15) is 0 Å². The number of hydrogen-bond donors (Lipinski definition) is 1. The summed E-state index contributed by atoms with van der Waals surface area (Å²) in [4.78, 5) is 0. The largest absolute Gasteiger partial charge is 0.314 e. The van der Waals surface area contributed by atoms with Crippen LogP contribution in [0.1, 0.15) is 39.0 Å². The SMILES string of the molecule is CSCCCNC1CCCCC1C. The molecule has 1 rings (SSSR count). The van der Waals surface area contributed by atoms with E-state index in [-0.39, 0.29) is 0 Å². The lowest BCUT2D eigenvalue weighted by Gasteiger charge is -2.29. The van der Waals surface area contributed by atoms with Gasteiger partial charge in [-0.05, 0) is 43.7 Å². The molecule has 1 saturated carbocycles. The van der Waals surface area contributed by atoms with Crippen LogP contribution in [0.5, 0.6) is 0 Å². The maximum atomic E-state index is 3.69. The highest BCUT2D eigenvalue weighted by molar-refractivity contribution is 7.98. The minimum Gasteiger partial charge on any atom is -0.314 e. The molecular weight excluding hydrogens is 178 g/mol. The number of thioether (sulfide) groups is 1. The van der Waals surface area contributed by atoms with E-state index in [0.29, 0.717) is 0 Å². The molecule has 78 valence electrons. The summed E-state index contributed by atoms with van der Waals surface area (Å²) >= 11 is 1.95.